The van der Waals surface area contributed by atoms with Crippen molar-refractivity contribution in [1.82, 2.24) is 4.57 Å². The highest BCUT2D eigenvalue weighted by atomic mass is 16.5. The molecule has 0 bridgehead atoms. The molecule has 190 valence electrons. The highest BCUT2D eigenvalue weighted by Crippen LogP contribution is 2.40. The molecule has 7 nitrogen and oxygen atoms in total. The predicted octanol–water partition coefficient (Wildman–Crippen LogP) is 5.93. The molecule has 0 aliphatic rings. The molecule has 1 aromatic heterocycles. The monoisotopic (exact) mass is 483 g/mol. The number of pyridine rings is 1. The third-order valence-electron chi connectivity index (χ3n) is 6.56. The summed E-state index contributed by atoms with van der Waals surface area (Å²) in [4.78, 5) is 13.8. The second-order valence-electron chi connectivity index (χ2n) is 8.53. The third kappa shape index (κ3) is 5.19. The van der Waals surface area contributed by atoms with Crippen LogP contribution in [-0.2, 0) is 6.54 Å². The molecule has 0 radical (unpaired) electrons. The Balaban J connectivity index is 2.45. The van der Waals surface area contributed by atoms with Gasteiger partial charge in [0.05, 0.1) is 52.1 Å². The molecule has 0 fully saturated rings. The number of rotatable bonds is 12. The van der Waals surface area contributed by atoms with Gasteiger partial charge in [-0.15, -0.1) is 0 Å². The van der Waals surface area contributed by atoms with Crippen LogP contribution in [-0.4, -0.2) is 40.1 Å². The molecule has 35 heavy (non-hydrogen) atoms. The third-order valence-corrected chi connectivity index (χ3v) is 6.56. The minimum absolute atomic E-state index is 0.232. The minimum Gasteiger partial charge on any atom is -0.497 e. The van der Waals surface area contributed by atoms with E-state index in [1.165, 1.54) is 7.11 Å². The van der Waals surface area contributed by atoms with Gasteiger partial charge in [0.25, 0.3) is 0 Å². The van der Waals surface area contributed by atoms with Crippen LogP contribution in [0.25, 0.3) is 22.2 Å². The van der Waals surface area contributed by atoms with Crippen molar-refractivity contribution in [3.05, 3.63) is 40.6 Å². The van der Waals surface area contributed by atoms with Gasteiger partial charge in [-0.3, -0.25) is 4.79 Å². The van der Waals surface area contributed by atoms with Crippen LogP contribution in [0.2, 0.25) is 0 Å². The Morgan fingerprint density at radius 3 is 2.11 bits per heavy atom. The molecule has 1 atom stereocenters. The number of hydrogen-bond acceptors (Lipinski definition) is 6. The number of methoxy groups -OCH3 is 5. The number of benzene rings is 2. The Morgan fingerprint density at radius 2 is 1.54 bits per heavy atom. The molecular formula is C28H37NO6. The molecule has 3 rings (SSSR count). The molecule has 1 unspecified atom stereocenters. The average Bonchev–Trinajstić information content (AvgIpc) is 2.90. The van der Waals surface area contributed by atoms with E-state index in [1.54, 1.807) is 34.5 Å². The van der Waals surface area contributed by atoms with Gasteiger partial charge in [0, 0.05) is 24.2 Å². The highest BCUT2D eigenvalue weighted by molar-refractivity contribution is 5.92. The van der Waals surface area contributed by atoms with E-state index in [1.807, 2.05) is 24.3 Å². The quantitative estimate of drug-likeness (QED) is 0.318. The molecule has 1 heterocycles. The summed E-state index contributed by atoms with van der Waals surface area (Å²) in [5.41, 5.74) is 2.00. The summed E-state index contributed by atoms with van der Waals surface area (Å²) in [6, 6.07) is 9.27. The zero-order chi connectivity index (χ0) is 25.5. The van der Waals surface area contributed by atoms with Crippen molar-refractivity contribution in [2.75, 3.05) is 35.5 Å². The fourth-order valence-corrected chi connectivity index (χ4v) is 4.59. The molecule has 0 aliphatic heterocycles. The van der Waals surface area contributed by atoms with Gasteiger partial charge < -0.3 is 28.3 Å². The van der Waals surface area contributed by atoms with Crippen molar-refractivity contribution in [2.24, 2.45) is 5.92 Å². The maximum atomic E-state index is 13.8. The van der Waals surface area contributed by atoms with Crippen LogP contribution in [0.3, 0.4) is 0 Å². The van der Waals surface area contributed by atoms with E-state index in [4.69, 9.17) is 23.7 Å². The van der Waals surface area contributed by atoms with E-state index >= 15 is 0 Å². The first kappa shape index (κ1) is 26.3. The van der Waals surface area contributed by atoms with Crippen LogP contribution in [0.4, 0.5) is 0 Å². The van der Waals surface area contributed by atoms with E-state index in [2.05, 4.69) is 18.4 Å². The van der Waals surface area contributed by atoms with Gasteiger partial charge in [0.2, 0.25) is 5.43 Å². The van der Waals surface area contributed by atoms with Crippen LogP contribution in [0.1, 0.15) is 39.5 Å². The van der Waals surface area contributed by atoms with E-state index < -0.39 is 0 Å². The maximum absolute atomic E-state index is 13.8. The van der Waals surface area contributed by atoms with Crippen molar-refractivity contribution >= 4 is 10.9 Å². The van der Waals surface area contributed by atoms with Crippen LogP contribution in [0, 0.1) is 5.92 Å². The molecule has 7 heteroatoms. The van der Waals surface area contributed by atoms with Crippen molar-refractivity contribution in [2.45, 2.75) is 46.1 Å². The predicted molar refractivity (Wildman–Crippen MR) is 140 cm³/mol. The first-order valence-electron chi connectivity index (χ1n) is 12.1. The Kier molecular flexibility index (Phi) is 8.90. The molecule has 3 aromatic rings. The number of unbranched alkanes of at least 4 members (excludes halogenated alkanes) is 1. The van der Waals surface area contributed by atoms with Gasteiger partial charge in [0.15, 0.2) is 17.2 Å². The number of aromatic nitrogens is 1. The molecular weight excluding hydrogens is 446 g/mol. The van der Waals surface area contributed by atoms with E-state index in [0.29, 0.717) is 46.5 Å². The maximum Gasteiger partial charge on any atom is 0.235 e. The second kappa shape index (κ2) is 11.9. The topological polar surface area (TPSA) is 68.2 Å². The summed E-state index contributed by atoms with van der Waals surface area (Å²) < 4.78 is 30.1. The lowest BCUT2D eigenvalue weighted by molar-refractivity contribution is 0.355. The van der Waals surface area contributed by atoms with Crippen molar-refractivity contribution in [1.29, 1.82) is 0 Å². The summed E-state index contributed by atoms with van der Waals surface area (Å²) in [5.74, 6) is 2.94. The van der Waals surface area contributed by atoms with E-state index in [9.17, 15) is 4.79 Å². The lowest BCUT2D eigenvalue weighted by Gasteiger charge is -2.25. The number of ether oxygens (including phenoxy) is 5. The molecule has 0 saturated carbocycles. The zero-order valence-electron chi connectivity index (χ0n) is 21.9. The van der Waals surface area contributed by atoms with Gasteiger partial charge in [-0.2, -0.15) is 0 Å². The normalized spacial score (nSPS) is 11.9. The lowest BCUT2D eigenvalue weighted by atomic mass is 9.97. The van der Waals surface area contributed by atoms with Crippen LogP contribution in [0.5, 0.6) is 28.7 Å². The van der Waals surface area contributed by atoms with Gasteiger partial charge in [-0.25, -0.2) is 0 Å². The summed E-state index contributed by atoms with van der Waals surface area (Å²) in [6.07, 6.45) is 4.39. The number of fused-ring (bicyclic) bond motifs is 1. The van der Waals surface area contributed by atoms with Gasteiger partial charge in [0.1, 0.15) is 11.5 Å². The standard InChI is InChI=1S/C28H37NO6/c1-8-10-11-18(9-2)17-29-21-15-20(31-3)16-24(34-6)25(21)27(30)28(35-7)26(29)19-12-13-22(32-4)23(14-19)33-5/h12-16,18H,8-11,17H2,1-7H3. The Labute approximate surface area is 207 Å². The molecule has 0 amide bonds. The molecule has 0 spiro atoms. The Bertz CT molecular complexity index is 1220. The van der Waals surface area contributed by atoms with E-state index in [-0.39, 0.29) is 11.2 Å². The summed E-state index contributed by atoms with van der Waals surface area (Å²) in [7, 11) is 7.89. The first-order chi connectivity index (χ1) is 17.0. The van der Waals surface area contributed by atoms with Crippen LogP contribution >= 0.6 is 0 Å². The van der Waals surface area contributed by atoms with Gasteiger partial charge in [-0.1, -0.05) is 33.1 Å². The Hall–Kier alpha value is -3.35. The fourth-order valence-electron chi connectivity index (χ4n) is 4.59. The zero-order valence-corrected chi connectivity index (χ0v) is 21.9. The molecule has 0 saturated heterocycles. The van der Waals surface area contributed by atoms with Crippen molar-refractivity contribution in [3.63, 3.8) is 0 Å². The van der Waals surface area contributed by atoms with Gasteiger partial charge in [-0.05, 0) is 30.5 Å². The molecule has 2 aromatic carbocycles. The average molecular weight is 484 g/mol. The fraction of sp³-hybridized carbons (Fsp3) is 0.464. The van der Waals surface area contributed by atoms with Crippen molar-refractivity contribution in [3.8, 4) is 40.0 Å². The molecule has 0 N–H and O–H groups in total. The summed E-state index contributed by atoms with van der Waals surface area (Å²) >= 11 is 0. The number of nitrogens with zero attached hydrogens (tertiary/aromatic N) is 1. The second-order valence-corrected chi connectivity index (χ2v) is 8.53. The molecule has 0 aliphatic carbocycles. The van der Waals surface area contributed by atoms with Crippen molar-refractivity contribution < 1.29 is 23.7 Å². The smallest absolute Gasteiger partial charge is 0.235 e. The number of hydrogen-bond donors (Lipinski definition) is 0. The Morgan fingerprint density at radius 1 is 0.829 bits per heavy atom. The van der Waals surface area contributed by atoms with Gasteiger partial charge >= 0.3 is 0 Å². The summed E-state index contributed by atoms with van der Waals surface area (Å²) in [5, 5.41) is 0.472. The first-order valence-corrected chi connectivity index (χ1v) is 12.1. The lowest BCUT2D eigenvalue weighted by Crippen LogP contribution is -2.20. The van der Waals surface area contributed by atoms with Crippen LogP contribution < -0.4 is 29.1 Å². The van der Waals surface area contributed by atoms with E-state index in [0.717, 1.165) is 36.8 Å². The highest BCUT2D eigenvalue weighted by Gasteiger charge is 2.25. The SMILES string of the molecule is CCCCC(CC)Cn1c(-c2ccc(OC)c(OC)c2)c(OC)c(=O)c2c(OC)cc(OC)cc21. The summed E-state index contributed by atoms with van der Waals surface area (Å²) in [6.45, 7) is 5.12. The largest absolute Gasteiger partial charge is 0.497 e. The van der Waals surface area contributed by atoms with Crippen LogP contribution in [0.15, 0.2) is 35.1 Å². The minimum atomic E-state index is -0.232.